The molecule has 5 aromatic rings. The number of nitrogens with zero attached hydrogens (tertiary/aromatic N) is 2. The molecule has 6 rings (SSSR count). The fourth-order valence-corrected chi connectivity index (χ4v) is 6.28. The van der Waals surface area contributed by atoms with Crippen LogP contribution in [0.25, 0.3) is 27.2 Å². The highest BCUT2D eigenvalue weighted by Gasteiger charge is 2.28. The van der Waals surface area contributed by atoms with E-state index in [0.29, 0.717) is 44.0 Å². The number of ether oxygens (including phenoxy) is 2. The molecule has 1 N–H and O–H groups in total. The molecule has 0 bridgehead atoms. The van der Waals surface area contributed by atoms with Crippen molar-refractivity contribution in [2.24, 2.45) is 0 Å². The largest absolute Gasteiger partial charge is 0.496 e. The first-order chi connectivity index (χ1) is 18.4. The first-order valence-electron chi connectivity index (χ1n) is 12.3. The highest BCUT2D eigenvalue weighted by molar-refractivity contribution is 8.00. The number of carboxylic acid groups (broad SMARTS) is 1. The smallest absolute Gasteiger partial charge is 0.304 e. The van der Waals surface area contributed by atoms with Gasteiger partial charge in [-0.3, -0.25) is 4.79 Å². The van der Waals surface area contributed by atoms with Gasteiger partial charge in [-0.05, 0) is 66.3 Å². The van der Waals surface area contributed by atoms with Crippen molar-refractivity contribution in [3.63, 3.8) is 0 Å². The molecule has 194 valence electrons. The standard InChI is InChI=1S/C29H24F2N2O4S/c1-36-24-10-9-23(31)29-27(24)22-12-18(30)5-8-21(22)28-17(14-32-33(28)29)15-37-19-4-2-3-16(11-19)25(13-26(34)35)38-20-6-7-20/h2-5,8-12,14,20,25H,6-7,13,15H2,1H3,(H,34,35). The Balaban J connectivity index is 1.40. The molecule has 1 fully saturated rings. The van der Waals surface area contributed by atoms with Crippen molar-refractivity contribution in [2.45, 2.75) is 36.4 Å². The van der Waals surface area contributed by atoms with E-state index in [0.717, 1.165) is 18.4 Å². The Hall–Kier alpha value is -3.85. The van der Waals surface area contributed by atoms with Crippen molar-refractivity contribution >= 4 is 44.9 Å². The first kappa shape index (κ1) is 24.5. The number of carboxylic acids is 1. The van der Waals surface area contributed by atoms with Crippen molar-refractivity contribution in [1.82, 2.24) is 9.61 Å². The third-order valence-corrected chi connectivity index (χ3v) is 8.36. The van der Waals surface area contributed by atoms with E-state index in [9.17, 15) is 14.3 Å². The molecule has 0 aliphatic heterocycles. The molecule has 0 radical (unpaired) electrons. The molecule has 9 heteroatoms. The van der Waals surface area contributed by atoms with Gasteiger partial charge in [-0.2, -0.15) is 5.10 Å². The minimum Gasteiger partial charge on any atom is -0.496 e. The molecule has 1 aliphatic rings. The Kier molecular flexibility index (Phi) is 6.31. The molecule has 0 spiro atoms. The van der Waals surface area contributed by atoms with Crippen LogP contribution in [0, 0.1) is 11.6 Å². The topological polar surface area (TPSA) is 73.1 Å². The average Bonchev–Trinajstić information content (AvgIpc) is 3.63. The van der Waals surface area contributed by atoms with Crippen molar-refractivity contribution in [2.75, 3.05) is 7.11 Å². The minimum atomic E-state index is -0.833. The normalized spacial score (nSPS) is 14.3. The summed E-state index contributed by atoms with van der Waals surface area (Å²) in [5, 5.41) is 15.9. The van der Waals surface area contributed by atoms with Crippen LogP contribution >= 0.6 is 11.8 Å². The zero-order valence-electron chi connectivity index (χ0n) is 20.5. The molecule has 0 amide bonds. The van der Waals surface area contributed by atoms with Gasteiger partial charge in [-0.1, -0.05) is 12.1 Å². The minimum absolute atomic E-state index is 0.0450. The number of methoxy groups -OCH3 is 1. The number of thioether (sulfide) groups is 1. The molecule has 1 saturated carbocycles. The number of hydrogen-bond acceptors (Lipinski definition) is 5. The second-order valence-electron chi connectivity index (χ2n) is 9.38. The number of carbonyl (C=O) groups is 1. The van der Waals surface area contributed by atoms with Crippen LogP contribution in [-0.2, 0) is 11.4 Å². The maximum atomic E-state index is 15.1. The number of aromatic nitrogens is 2. The Morgan fingerprint density at radius 1 is 1.13 bits per heavy atom. The number of rotatable bonds is 9. The van der Waals surface area contributed by atoms with Gasteiger partial charge in [0, 0.05) is 21.4 Å². The zero-order chi connectivity index (χ0) is 26.4. The first-order valence-corrected chi connectivity index (χ1v) is 13.2. The molecule has 6 nitrogen and oxygen atoms in total. The highest BCUT2D eigenvalue weighted by Crippen LogP contribution is 2.45. The van der Waals surface area contributed by atoms with Crippen LogP contribution < -0.4 is 9.47 Å². The number of pyridine rings is 1. The van der Waals surface area contributed by atoms with Gasteiger partial charge < -0.3 is 14.6 Å². The summed E-state index contributed by atoms with van der Waals surface area (Å²) in [7, 11) is 1.49. The lowest BCUT2D eigenvalue weighted by Crippen LogP contribution is -2.05. The van der Waals surface area contributed by atoms with Crippen LogP contribution in [0.3, 0.4) is 0 Å². The van der Waals surface area contributed by atoms with E-state index in [1.54, 1.807) is 24.0 Å². The Bertz CT molecular complexity index is 1700. The summed E-state index contributed by atoms with van der Waals surface area (Å²) < 4.78 is 42.6. The van der Waals surface area contributed by atoms with Crippen LogP contribution in [0.5, 0.6) is 11.5 Å². The van der Waals surface area contributed by atoms with Crippen LogP contribution in [-0.4, -0.2) is 33.0 Å². The van der Waals surface area contributed by atoms with Crippen LogP contribution in [0.4, 0.5) is 8.78 Å². The maximum absolute atomic E-state index is 15.1. The van der Waals surface area contributed by atoms with Gasteiger partial charge in [0.2, 0.25) is 0 Å². The summed E-state index contributed by atoms with van der Waals surface area (Å²) in [5.41, 5.74) is 2.41. The summed E-state index contributed by atoms with van der Waals surface area (Å²) in [6.45, 7) is 0.135. The number of fused-ring (bicyclic) bond motifs is 6. The zero-order valence-corrected chi connectivity index (χ0v) is 21.3. The van der Waals surface area contributed by atoms with E-state index in [1.807, 2.05) is 24.3 Å². The van der Waals surface area contributed by atoms with Gasteiger partial charge in [0.15, 0.2) is 0 Å². The quantitative estimate of drug-likeness (QED) is 0.207. The van der Waals surface area contributed by atoms with Gasteiger partial charge in [0.1, 0.15) is 35.3 Å². The number of benzene rings is 3. The summed E-state index contributed by atoms with van der Waals surface area (Å²) >= 11 is 1.70. The monoisotopic (exact) mass is 534 g/mol. The molecule has 2 heterocycles. The van der Waals surface area contributed by atoms with E-state index in [-0.39, 0.29) is 23.8 Å². The van der Waals surface area contributed by atoms with E-state index < -0.39 is 17.6 Å². The highest BCUT2D eigenvalue weighted by atomic mass is 32.2. The SMILES string of the molecule is COc1ccc(F)c2c1c1cc(F)ccc1c1c(COc3cccc(C(CC(=O)O)SC4CC4)c3)cnn12. The number of aliphatic carboxylic acids is 1. The molecule has 2 aromatic heterocycles. The predicted molar refractivity (Wildman–Crippen MR) is 143 cm³/mol. The Morgan fingerprint density at radius 2 is 1.97 bits per heavy atom. The summed E-state index contributed by atoms with van der Waals surface area (Å²) in [5.74, 6) is -0.761. The molecule has 38 heavy (non-hydrogen) atoms. The van der Waals surface area contributed by atoms with Gasteiger partial charge in [0.05, 0.1) is 30.6 Å². The summed E-state index contributed by atoms with van der Waals surface area (Å²) in [6, 6.07) is 14.7. The fourth-order valence-electron chi connectivity index (χ4n) is 4.86. The van der Waals surface area contributed by atoms with Crippen molar-refractivity contribution in [3.8, 4) is 11.5 Å². The second kappa shape index (κ2) is 9.79. The lowest BCUT2D eigenvalue weighted by Gasteiger charge is -2.16. The lowest BCUT2D eigenvalue weighted by atomic mass is 10.0. The van der Waals surface area contributed by atoms with Crippen molar-refractivity contribution < 1.29 is 28.2 Å². The Labute approximate surface area is 221 Å². The van der Waals surface area contributed by atoms with Crippen LogP contribution in [0.2, 0.25) is 0 Å². The second-order valence-corrected chi connectivity index (χ2v) is 10.9. The van der Waals surface area contributed by atoms with Crippen molar-refractivity contribution in [1.29, 1.82) is 0 Å². The van der Waals surface area contributed by atoms with Crippen LogP contribution in [0.1, 0.15) is 35.6 Å². The molecule has 1 aliphatic carbocycles. The molecular weight excluding hydrogens is 510 g/mol. The predicted octanol–water partition coefficient (Wildman–Crippen LogP) is 6.92. The molecule has 1 atom stereocenters. The third kappa shape index (κ3) is 4.51. The molecule has 0 saturated heterocycles. The van der Waals surface area contributed by atoms with Crippen LogP contribution in [0.15, 0.2) is 60.8 Å². The van der Waals surface area contributed by atoms with Gasteiger partial charge in [0.25, 0.3) is 0 Å². The van der Waals surface area contributed by atoms with Gasteiger partial charge in [-0.15, -0.1) is 11.8 Å². The van der Waals surface area contributed by atoms with Gasteiger partial charge >= 0.3 is 5.97 Å². The molecule has 3 aromatic carbocycles. The van der Waals surface area contributed by atoms with E-state index >= 15 is 4.39 Å². The third-order valence-electron chi connectivity index (χ3n) is 6.74. The van der Waals surface area contributed by atoms with Gasteiger partial charge in [-0.25, -0.2) is 13.3 Å². The summed E-state index contributed by atoms with van der Waals surface area (Å²) in [4.78, 5) is 11.4. The Morgan fingerprint density at radius 3 is 2.74 bits per heavy atom. The van der Waals surface area contributed by atoms with E-state index in [1.165, 1.54) is 35.9 Å². The van der Waals surface area contributed by atoms with E-state index in [2.05, 4.69) is 5.10 Å². The molecule has 1 unspecified atom stereocenters. The summed E-state index contributed by atoms with van der Waals surface area (Å²) in [6.07, 6.45) is 3.90. The average molecular weight is 535 g/mol. The molecular formula is C29H24F2N2O4S. The van der Waals surface area contributed by atoms with Crippen molar-refractivity contribution in [3.05, 3.63) is 83.6 Å². The number of halogens is 2. The lowest BCUT2D eigenvalue weighted by molar-refractivity contribution is -0.137. The fraction of sp³-hybridized carbons (Fsp3) is 0.241. The number of hydrogen-bond donors (Lipinski definition) is 1. The van der Waals surface area contributed by atoms with E-state index in [4.69, 9.17) is 9.47 Å². The maximum Gasteiger partial charge on any atom is 0.304 e.